The summed E-state index contributed by atoms with van der Waals surface area (Å²) in [5.74, 6) is 1.48. The van der Waals surface area contributed by atoms with E-state index in [1.165, 1.54) is 70.3 Å². The molecular weight excluding hydrogens is 194 g/mol. The predicted molar refractivity (Wildman–Crippen MR) is 74.7 cm³/mol. The maximum absolute atomic E-state index is 3.47. The third-order valence-corrected chi connectivity index (χ3v) is 2.94. The van der Waals surface area contributed by atoms with Crippen LogP contribution in [0.1, 0.15) is 78.6 Å². The van der Waals surface area contributed by atoms with Crippen LogP contribution in [0.5, 0.6) is 0 Å². The van der Waals surface area contributed by atoms with Crippen LogP contribution >= 0.6 is 0 Å². The van der Waals surface area contributed by atoms with Gasteiger partial charge in [-0.05, 0) is 18.9 Å². The van der Waals surface area contributed by atoms with Crippen LogP contribution < -0.4 is 5.32 Å². The Labute approximate surface area is 103 Å². The van der Waals surface area contributed by atoms with Crippen LogP contribution in [-0.4, -0.2) is 13.1 Å². The molecule has 0 aliphatic heterocycles. The van der Waals surface area contributed by atoms with Crippen molar-refractivity contribution in [2.75, 3.05) is 13.1 Å². The van der Waals surface area contributed by atoms with Crippen molar-refractivity contribution in [2.24, 2.45) is 0 Å². The van der Waals surface area contributed by atoms with Crippen molar-refractivity contribution >= 4 is 0 Å². The van der Waals surface area contributed by atoms with Crippen LogP contribution in [0.4, 0.5) is 0 Å². The molecule has 0 saturated heterocycles. The summed E-state index contributed by atoms with van der Waals surface area (Å²) >= 11 is 0. The van der Waals surface area contributed by atoms with Crippen LogP contribution in [0, 0.1) is 5.92 Å². The lowest BCUT2D eigenvalue weighted by atomic mass is 10.1. The SMILES string of the molecule is CCCCCCCCCCCNC[C](C)C. The number of unbranched alkanes of at least 4 members (excludes halogenated alkanes) is 8. The monoisotopic (exact) mass is 226 g/mol. The van der Waals surface area contributed by atoms with Crippen LogP contribution in [0.3, 0.4) is 0 Å². The first-order valence-electron chi connectivity index (χ1n) is 7.27. The Morgan fingerprint density at radius 3 is 1.75 bits per heavy atom. The van der Waals surface area contributed by atoms with Gasteiger partial charge in [0, 0.05) is 6.54 Å². The standard InChI is InChI=1S/C15H32N/c1-4-5-6-7-8-9-10-11-12-13-16-14-15(2)3/h16H,4-14H2,1-3H3. The first kappa shape index (κ1) is 16.0. The van der Waals surface area contributed by atoms with Gasteiger partial charge in [-0.3, -0.25) is 0 Å². The molecule has 97 valence electrons. The van der Waals surface area contributed by atoms with Gasteiger partial charge in [-0.15, -0.1) is 0 Å². The van der Waals surface area contributed by atoms with E-state index in [-0.39, 0.29) is 0 Å². The molecule has 0 heterocycles. The minimum absolute atomic E-state index is 1.09. The van der Waals surface area contributed by atoms with E-state index in [0.29, 0.717) is 0 Å². The summed E-state index contributed by atoms with van der Waals surface area (Å²) in [6.07, 6.45) is 12.8. The molecule has 0 fully saturated rings. The van der Waals surface area contributed by atoms with Gasteiger partial charge in [-0.1, -0.05) is 72.1 Å². The Morgan fingerprint density at radius 2 is 1.25 bits per heavy atom. The Bertz CT molecular complexity index is 121. The maximum atomic E-state index is 3.47. The highest BCUT2D eigenvalue weighted by molar-refractivity contribution is 4.79. The zero-order valence-corrected chi connectivity index (χ0v) is 11.8. The van der Waals surface area contributed by atoms with E-state index in [1.54, 1.807) is 0 Å². The lowest BCUT2D eigenvalue weighted by molar-refractivity contribution is 0.551. The molecule has 0 aliphatic rings. The molecule has 0 rings (SSSR count). The van der Waals surface area contributed by atoms with Gasteiger partial charge in [-0.25, -0.2) is 0 Å². The van der Waals surface area contributed by atoms with Gasteiger partial charge in [0.15, 0.2) is 0 Å². The predicted octanol–water partition coefficient (Wildman–Crippen LogP) is 4.72. The van der Waals surface area contributed by atoms with Crippen molar-refractivity contribution in [3.8, 4) is 0 Å². The topological polar surface area (TPSA) is 12.0 Å². The molecule has 0 amide bonds. The van der Waals surface area contributed by atoms with Crippen molar-refractivity contribution in [1.82, 2.24) is 5.32 Å². The largest absolute Gasteiger partial charge is 0.316 e. The highest BCUT2D eigenvalue weighted by atomic mass is 14.8. The molecule has 0 saturated carbocycles. The lowest BCUT2D eigenvalue weighted by Crippen LogP contribution is -2.19. The zero-order chi connectivity index (χ0) is 12.1. The number of hydrogen-bond acceptors (Lipinski definition) is 1. The van der Waals surface area contributed by atoms with Gasteiger partial charge < -0.3 is 5.32 Å². The Morgan fingerprint density at radius 1 is 0.750 bits per heavy atom. The smallest absolute Gasteiger partial charge is 0.000811 e. The summed E-state index contributed by atoms with van der Waals surface area (Å²) in [6, 6.07) is 0. The highest BCUT2D eigenvalue weighted by Gasteiger charge is 1.94. The maximum Gasteiger partial charge on any atom is 0.000811 e. The van der Waals surface area contributed by atoms with Gasteiger partial charge in [0.05, 0.1) is 0 Å². The van der Waals surface area contributed by atoms with Gasteiger partial charge in [0.25, 0.3) is 0 Å². The molecule has 0 unspecified atom stereocenters. The van der Waals surface area contributed by atoms with E-state index >= 15 is 0 Å². The molecule has 0 bridgehead atoms. The molecule has 1 nitrogen and oxygen atoms in total. The Kier molecular flexibility index (Phi) is 13.0. The number of nitrogens with one attached hydrogen (secondary N) is 1. The minimum atomic E-state index is 1.09. The molecule has 0 aromatic carbocycles. The first-order chi connectivity index (χ1) is 7.77. The van der Waals surface area contributed by atoms with E-state index in [2.05, 4.69) is 26.1 Å². The molecule has 16 heavy (non-hydrogen) atoms. The molecule has 0 spiro atoms. The third-order valence-electron chi connectivity index (χ3n) is 2.94. The molecule has 1 radical (unpaired) electrons. The van der Waals surface area contributed by atoms with E-state index < -0.39 is 0 Å². The molecular formula is C15H32N. The molecule has 1 heteroatoms. The van der Waals surface area contributed by atoms with E-state index in [9.17, 15) is 0 Å². The Hall–Kier alpha value is -0.0400. The molecule has 1 N–H and O–H groups in total. The van der Waals surface area contributed by atoms with Crippen LogP contribution in [0.2, 0.25) is 0 Å². The second-order valence-corrected chi connectivity index (χ2v) is 5.21. The quantitative estimate of drug-likeness (QED) is 0.475. The average molecular weight is 226 g/mol. The average Bonchev–Trinajstić information content (AvgIpc) is 2.25. The summed E-state index contributed by atoms with van der Waals surface area (Å²) in [5.41, 5.74) is 0. The minimum Gasteiger partial charge on any atom is -0.316 e. The van der Waals surface area contributed by atoms with Gasteiger partial charge in [-0.2, -0.15) is 0 Å². The first-order valence-corrected chi connectivity index (χ1v) is 7.27. The fraction of sp³-hybridized carbons (Fsp3) is 0.933. The number of rotatable bonds is 12. The van der Waals surface area contributed by atoms with E-state index in [0.717, 1.165) is 6.54 Å². The second-order valence-electron chi connectivity index (χ2n) is 5.21. The summed E-state index contributed by atoms with van der Waals surface area (Å²) < 4.78 is 0. The highest BCUT2D eigenvalue weighted by Crippen LogP contribution is 2.09. The van der Waals surface area contributed by atoms with Crippen LogP contribution in [0.15, 0.2) is 0 Å². The van der Waals surface area contributed by atoms with Crippen molar-refractivity contribution in [1.29, 1.82) is 0 Å². The van der Waals surface area contributed by atoms with E-state index in [1.807, 2.05) is 0 Å². The van der Waals surface area contributed by atoms with Gasteiger partial charge in [0.2, 0.25) is 0 Å². The van der Waals surface area contributed by atoms with Crippen molar-refractivity contribution in [3.63, 3.8) is 0 Å². The van der Waals surface area contributed by atoms with Crippen molar-refractivity contribution in [2.45, 2.75) is 78.6 Å². The number of hydrogen-bond donors (Lipinski definition) is 1. The summed E-state index contributed by atoms with van der Waals surface area (Å²) in [6.45, 7) is 8.94. The van der Waals surface area contributed by atoms with Gasteiger partial charge in [0.1, 0.15) is 0 Å². The molecule has 0 atom stereocenters. The van der Waals surface area contributed by atoms with Crippen LogP contribution in [-0.2, 0) is 0 Å². The molecule has 0 aromatic heterocycles. The second kappa shape index (κ2) is 13.0. The fourth-order valence-corrected chi connectivity index (χ4v) is 1.90. The van der Waals surface area contributed by atoms with E-state index in [4.69, 9.17) is 0 Å². The molecule has 0 aliphatic carbocycles. The summed E-state index contributed by atoms with van der Waals surface area (Å²) in [4.78, 5) is 0. The normalized spacial score (nSPS) is 11.2. The van der Waals surface area contributed by atoms with Gasteiger partial charge >= 0.3 is 0 Å². The third kappa shape index (κ3) is 14.0. The summed E-state index contributed by atoms with van der Waals surface area (Å²) in [5, 5.41) is 3.47. The van der Waals surface area contributed by atoms with Crippen molar-refractivity contribution < 1.29 is 0 Å². The lowest BCUT2D eigenvalue weighted by Gasteiger charge is -2.06. The zero-order valence-electron chi connectivity index (χ0n) is 11.8. The van der Waals surface area contributed by atoms with Crippen LogP contribution in [0.25, 0.3) is 0 Å². The van der Waals surface area contributed by atoms with Crippen molar-refractivity contribution in [3.05, 3.63) is 5.92 Å². The Balaban J connectivity index is 2.88. The fourth-order valence-electron chi connectivity index (χ4n) is 1.90. The molecule has 0 aromatic rings. The summed E-state index contributed by atoms with van der Waals surface area (Å²) in [7, 11) is 0.